The minimum Gasteiger partial charge on any atom is -0.377 e. The second-order valence-electron chi connectivity index (χ2n) is 3.76. The predicted molar refractivity (Wildman–Crippen MR) is 73.1 cm³/mol. The number of rotatable bonds is 5. The van der Waals surface area contributed by atoms with Gasteiger partial charge in [0, 0.05) is 25.5 Å². The minimum atomic E-state index is -0.323. The van der Waals surface area contributed by atoms with Gasteiger partial charge in [0.1, 0.15) is 12.2 Å². The van der Waals surface area contributed by atoms with Crippen LogP contribution in [0.25, 0.3) is 0 Å². The van der Waals surface area contributed by atoms with Crippen molar-refractivity contribution in [3.63, 3.8) is 0 Å². The standard InChI is InChI=1S/C12H12ClN5O/c1-2-5-18-12(19)11(10(13)8-16-18)15-4-7-17-6-3-14-9-17/h1,3,6,8-9,15H,4-5,7H2. The lowest BCUT2D eigenvalue weighted by Gasteiger charge is -2.09. The van der Waals surface area contributed by atoms with E-state index in [4.69, 9.17) is 18.0 Å². The van der Waals surface area contributed by atoms with E-state index in [1.165, 1.54) is 10.9 Å². The van der Waals surface area contributed by atoms with Crippen LogP contribution in [0.5, 0.6) is 0 Å². The summed E-state index contributed by atoms with van der Waals surface area (Å²) in [5.41, 5.74) is -0.0110. The van der Waals surface area contributed by atoms with E-state index in [2.05, 4.69) is 21.3 Å². The first kappa shape index (κ1) is 13.2. The summed E-state index contributed by atoms with van der Waals surface area (Å²) in [5, 5.41) is 7.14. The zero-order valence-corrected chi connectivity index (χ0v) is 10.8. The Labute approximate surface area is 115 Å². The van der Waals surface area contributed by atoms with E-state index >= 15 is 0 Å². The molecule has 1 N–H and O–H groups in total. The Morgan fingerprint density at radius 2 is 2.37 bits per heavy atom. The molecule has 0 amide bonds. The summed E-state index contributed by atoms with van der Waals surface area (Å²) in [6.45, 7) is 1.34. The molecule has 0 unspecified atom stereocenters. The summed E-state index contributed by atoms with van der Waals surface area (Å²) in [4.78, 5) is 15.9. The predicted octanol–water partition coefficient (Wildman–Crippen LogP) is 0.838. The van der Waals surface area contributed by atoms with Crippen molar-refractivity contribution in [2.75, 3.05) is 11.9 Å². The molecule has 0 atom stereocenters. The monoisotopic (exact) mass is 277 g/mol. The first-order valence-electron chi connectivity index (χ1n) is 5.61. The van der Waals surface area contributed by atoms with Gasteiger partial charge in [-0.25, -0.2) is 9.67 Å². The highest BCUT2D eigenvalue weighted by Crippen LogP contribution is 2.14. The summed E-state index contributed by atoms with van der Waals surface area (Å²) < 4.78 is 3.08. The van der Waals surface area contributed by atoms with Crippen LogP contribution in [0.1, 0.15) is 0 Å². The van der Waals surface area contributed by atoms with Crippen molar-refractivity contribution < 1.29 is 0 Å². The molecule has 0 fully saturated rings. The van der Waals surface area contributed by atoms with Crippen molar-refractivity contribution in [3.8, 4) is 12.3 Å². The fraction of sp³-hybridized carbons (Fsp3) is 0.250. The highest BCUT2D eigenvalue weighted by Gasteiger charge is 2.08. The molecule has 2 heterocycles. The topological polar surface area (TPSA) is 64.7 Å². The third kappa shape index (κ3) is 3.14. The molecule has 0 spiro atoms. The Morgan fingerprint density at radius 1 is 1.53 bits per heavy atom. The molecule has 2 aromatic heterocycles. The second-order valence-corrected chi connectivity index (χ2v) is 4.17. The molecular formula is C12H12ClN5O. The van der Waals surface area contributed by atoms with E-state index in [1.807, 2.05) is 10.8 Å². The lowest BCUT2D eigenvalue weighted by molar-refractivity contribution is 0.661. The van der Waals surface area contributed by atoms with Gasteiger partial charge < -0.3 is 9.88 Å². The average molecular weight is 278 g/mol. The number of hydrogen-bond donors (Lipinski definition) is 1. The molecular weight excluding hydrogens is 266 g/mol. The first-order chi connectivity index (χ1) is 9.22. The van der Waals surface area contributed by atoms with Crippen LogP contribution in [-0.4, -0.2) is 25.9 Å². The first-order valence-corrected chi connectivity index (χ1v) is 5.99. The molecule has 2 aromatic rings. The van der Waals surface area contributed by atoms with E-state index in [9.17, 15) is 4.79 Å². The highest BCUT2D eigenvalue weighted by molar-refractivity contribution is 6.32. The van der Waals surface area contributed by atoms with E-state index in [0.717, 1.165) is 0 Å². The molecule has 98 valence electrons. The Morgan fingerprint density at radius 3 is 3.05 bits per heavy atom. The molecule has 7 heteroatoms. The van der Waals surface area contributed by atoms with Crippen LogP contribution < -0.4 is 10.9 Å². The van der Waals surface area contributed by atoms with Gasteiger partial charge in [0.2, 0.25) is 0 Å². The van der Waals surface area contributed by atoms with Gasteiger partial charge >= 0.3 is 0 Å². The summed E-state index contributed by atoms with van der Waals surface area (Å²) in [6.07, 6.45) is 11.8. The van der Waals surface area contributed by atoms with Gasteiger partial charge in [-0.1, -0.05) is 17.5 Å². The Balaban J connectivity index is 2.09. The molecule has 0 aliphatic rings. The molecule has 2 rings (SSSR count). The smallest absolute Gasteiger partial charge is 0.292 e. The number of aromatic nitrogens is 4. The summed E-state index contributed by atoms with van der Waals surface area (Å²) >= 11 is 5.95. The van der Waals surface area contributed by atoms with Crippen molar-refractivity contribution >= 4 is 17.3 Å². The van der Waals surface area contributed by atoms with Crippen molar-refractivity contribution in [1.82, 2.24) is 19.3 Å². The van der Waals surface area contributed by atoms with Gasteiger partial charge in [-0.3, -0.25) is 4.79 Å². The van der Waals surface area contributed by atoms with Crippen LogP contribution in [0.4, 0.5) is 5.69 Å². The Hall–Kier alpha value is -2.26. The van der Waals surface area contributed by atoms with Gasteiger partial charge in [0.15, 0.2) is 0 Å². The zero-order chi connectivity index (χ0) is 13.7. The van der Waals surface area contributed by atoms with Gasteiger partial charge in [-0.05, 0) is 0 Å². The fourth-order valence-corrected chi connectivity index (χ4v) is 1.75. The lowest BCUT2D eigenvalue weighted by atomic mass is 10.4. The van der Waals surface area contributed by atoms with Crippen LogP contribution in [-0.2, 0) is 13.1 Å². The average Bonchev–Trinajstić information content (AvgIpc) is 2.90. The Kier molecular flexibility index (Phi) is 4.21. The highest BCUT2D eigenvalue weighted by atomic mass is 35.5. The van der Waals surface area contributed by atoms with E-state index in [0.29, 0.717) is 18.8 Å². The maximum absolute atomic E-state index is 12.0. The minimum absolute atomic E-state index is 0.117. The summed E-state index contributed by atoms with van der Waals surface area (Å²) in [6, 6.07) is 0. The van der Waals surface area contributed by atoms with E-state index < -0.39 is 0 Å². The van der Waals surface area contributed by atoms with Gasteiger partial charge in [-0.15, -0.1) is 6.42 Å². The second kappa shape index (κ2) is 6.07. The van der Waals surface area contributed by atoms with Crippen molar-refractivity contribution in [1.29, 1.82) is 0 Å². The number of nitrogens with zero attached hydrogens (tertiary/aromatic N) is 4. The molecule has 0 aliphatic carbocycles. The molecule has 0 saturated carbocycles. The van der Waals surface area contributed by atoms with Crippen molar-refractivity contribution in [2.24, 2.45) is 0 Å². The summed E-state index contributed by atoms with van der Waals surface area (Å²) in [7, 11) is 0. The maximum atomic E-state index is 12.0. The fourth-order valence-electron chi connectivity index (χ4n) is 1.56. The Bertz CT molecular complexity index is 641. The number of terminal acetylenes is 1. The number of imidazole rings is 1. The van der Waals surface area contributed by atoms with Crippen LogP contribution >= 0.6 is 11.6 Å². The largest absolute Gasteiger partial charge is 0.377 e. The maximum Gasteiger partial charge on any atom is 0.292 e. The molecule has 0 aromatic carbocycles. The third-order valence-electron chi connectivity index (χ3n) is 2.47. The van der Waals surface area contributed by atoms with Gasteiger partial charge in [-0.2, -0.15) is 5.10 Å². The molecule has 0 bridgehead atoms. The molecule has 19 heavy (non-hydrogen) atoms. The molecule has 0 radical (unpaired) electrons. The normalized spacial score (nSPS) is 10.1. The quantitative estimate of drug-likeness (QED) is 0.823. The number of nitrogens with one attached hydrogen (secondary N) is 1. The van der Waals surface area contributed by atoms with Crippen molar-refractivity contribution in [3.05, 3.63) is 40.3 Å². The van der Waals surface area contributed by atoms with Crippen LogP contribution in [0.3, 0.4) is 0 Å². The van der Waals surface area contributed by atoms with Gasteiger partial charge in [0.05, 0.1) is 17.5 Å². The van der Waals surface area contributed by atoms with Crippen LogP contribution in [0.15, 0.2) is 29.7 Å². The number of hydrogen-bond acceptors (Lipinski definition) is 4. The van der Waals surface area contributed by atoms with Crippen molar-refractivity contribution in [2.45, 2.75) is 13.1 Å². The van der Waals surface area contributed by atoms with Gasteiger partial charge in [0.25, 0.3) is 5.56 Å². The lowest BCUT2D eigenvalue weighted by Crippen LogP contribution is -2.26. The molecule has 0 aliphatic heterocycles. The SMILES string of the molecule is C#CCn1ncc(Cl)c(NCCn2ccnc2)c1=O. The zero-order valence-electron chi connectivity index (χ0n) is 10.1. The summed E-state index contributed by atoms with van der Waals surface area (Å²) in [5.74, 6) is 2.37. The molecule has 6 nitrogen and oxygen atoms in total. The van der Waals surface area contributed by atoms with Crippen LogP contribution in [0.2, 0.25) is 5.02 Å². The van der Waals surface area contributed by atoms with Crippen LogP contribution in [0, 0.1) is 12.3 Å². The van der Waals surface area contributed by atoms with E-state index in [1.54, 1.807) is 12.5 Å². The third-order valence-corrected chi connectivity index (χ3v) is 2.76. The molecule has 0 saturated heterocycles. The van der Waals surface area contributed by atoms with E-state index in [-0.39, 0.29) is 17.1 Å². The number of halogens is 1. The number of anilines is 1.